The van der Waals surface area contributed by atoms with Crippen LogP contribution in [0.15, 0.2) is 72.8 Å². The zero-order valence-electron chi connectivity index (χ0n) is 26.0. The van der Waals surface area contributed by atoms with Crippen LogP contribution in [0.5, 0.6) is 0 Å². The molecule has 6 aliphatic rings. The third kappa shape index (κ3) is 4.95. The highest BCUT2D eigenvalue weighted by Crippen LogP contribution is 2.65. The number of nitrogens with one attached hydrogen (secondary N) is 4. The highest BCUT2D eigenvalue weighted by molar-refractivity contribution is 7.18. The van der Waals surface area contributed by atoms with E-state index in [1.165, 1.54) is 60.5 Å². The van der Waals surface area contributed by atoms with E-state index in [1.807, 2.05) is 0 Å². The molecule has 4 aliphatic carbocycles. The van der Waals surface area contributed by atoms with Gasteiger partial charge in [0, 0.05) is 56.5 Å². The van der Waals surface area contributed by atoms with Crippen LogP contribution in [-0.4, -0.2) is 57.5 Å². The Morgan fingerprint density at radius 2 is 1.25 bits per heavy atom. The predicted octanol–water partition coefficient (Wildman–Crippen LogP) is 5.78. The molecule has 3 aromatic carbocycles. The Hall–Kier alpha value is -1.64. The Balaban J connectivity index is 1.43. The van der Waals surface area contributed by atoms with Crippen LogP contribution in [0, 0.1) is 23.7 Å². The van der Waals surface area contributed by atoms with Gasteiger partial charge in [0.2, 0.25) is 0 Å². The molecule has 6 heteroatoms. The maximum absolute atomic E-state index is 4.03. The van der Waals surface area contributed by atoms with E-state index in [4.69, 9.17) is 0 Å². The molecular weight excluding hydrogens is 574 g/mol. The number of rotatable bonds is 7. The Kier molecular flexibility index (Phi) is 8.24. The molecule has 0 amide bonds. The SMILES string of the molecule is PCC1C2CC3CC(C2)CC1(c1cc(-c2ccccc2)c(-c2ccccc2)cc1C(P)(C1CNCCN1)C1CNCCN1)C3. The largest absolute Gasteiger partial charge is 0.314 e. The third-order valence-electron chi connectivity index (χ3n) is 12.3. The first-order valence-corrected chi connectivity index (χ1v) is 18.7. The van der Waals surface area contributed by atoms with E-state index in [9.17, 15) is 0 Å². The number of hydrogen-bond acceptors (Lipinski definition) is 4. The highest BCUT2D eigenvalue weighted by atomic mass is 31.0. The summed E-state index contributed by atoms with van der Waals surface area (Å²) in [7, 11) is 6.74. The van der Waals surface area contributed by atoms with Crippen LogP contribution in [0.1, 0.15) is 43.2 Å². The van der Waals surface area contributed by atoms with E-state index < -0.39 is 0 Å². The molecular formula is C38H50N4P2. The van der Waals surface area contributed by atoms with Crippen molar-refractivity contribution in [3.8, 4) is 22.3 Å². The van der Waals surface area contributed by atoms with Crippen molar-refractivity contribution in [2.75, 3.05) is 45.4 Å². The van der Waals surface area contributed by atoms with E-state index in [-0.39, 0.29) is 10.6 Å². The molecule has 4 saturated carbocycles. The van der Waals surface area contributed by atoms with E-state index in [1.54, 1.807) is 11.1 Å². The molecule has 7 atom stereocenters. The van der Waals surface area contributed by atoms with Gasteiger partial charge in [-0.05, 0) is 113 Å². The zero-order valence-corrected chi connectivity index (χ0v) is 28.3. The number of hydrogen-bond donors (Lipinski definition) is 4. The lowest BCUT2D eigenvalue weighted by atomic mass is 9.43. The van der Waals surface area contributed by atoms with Crippen LogP contribution in [0.3, 0.4) is 0 Å². The summed E-state index contributed by atoms with van der Waals surface area (Å²) < 4.78 is 0. The minimum atomic E-state index is -0.177. The van der Waals surface area contributed by atoms with Crippen LogP contribution in [0.25, 0.3) is 22.3 Å². The Morgan fingerprint density at radius 1 is 0.705 bits per heavy atom. The number of benzene rings is 3. The van der Waals surface area contributed by atoms with Gasteiger partial charge in [0.1, 0.15) is 0 Å². The standard InChI is InChI=1S/C38H50N4P2/c43-24-34-29-16-25-15-26(17-29)21-37(34,20-25)32-18-30(27-7-3-1-4-8-27)31(28-9-5-2-6-10-28)19-33(32)38(44,35-22-39-11-13-41-35)36-23-40-12-14-42-36/h1-10,18-19,25-26,29,34-36,39-42H,11-17,20-24,43-44H2. The molecule has 3 aromatic rings. The Bertz CT molecular complexity index is 1420. The summed E-state index contributed by atoms with van der Waals surface area (Å²) >= 11 is 0. The summed E-state index contributed by atoms with van der Waals surface area (Å²) in [6.45, 7) is 6.05. The smallest absolute Gasteiger partial charge is 0.0429 e. The Morgan fingerprint density at radius 3 is 1.75 bits per heavy atom. The summed E-state index contributed by atoms with van der Waals surface area (Å²) in [6.07, 6.45) is 8.29. The second-order valence-electron chi connectivity index (χ2n) is 14.6. The van der Waals surface area contributed by atoms with Gasteiger partial charge < -0.3 is 21.3 Å². The van der Waals surface area contributed by atoms with E-state index in [2.05, 4.69) is 113 Å². The van der Waals surface area contributed by atoms with Gasteiger partial charge in [-0.2, -0.15) is 0 Å². The van der Waals surface area contributed by atoms with Crippen molar-refractivity contribution in [1.82, 2.24) is 21.3 Å². The zero-order chi connectivity index (χ0) is 29.7. The average Bonchev–Trinajstić information content (AvgIpc) is 3.08. The van der Waals surface area contributed by atoms with Gasteiger partial charge in [-0.25, -0.2) is 0 Å². The van der Waals surface area contributed by atoms with Gasteiger partial charge in [0.05, 0.1) is 0 Å². The normalized spacial score (nSPS) is 34.5. The van der Waals surface area contributed by atoms with E-state index >= 15 is 0 Å². The lowest BCUT2D eigenvalue weighted by Crippen LogP contribution is -2.67. The van der Waals surface area contributed by atoms with Crippen molar-refractivity contribution in [3.05, 3.63) is 83.9 Å². The molecule has 2 aliphatic heterocycles. The lowest BCUT2D eigenvalue weighted by molar-refractivity contribution is -0.0524. The predicted molar refractivity (Wildman–Crippen MR) is 191 cm³/mol. The molecule has 7 unspecified atom stereocenters. The van der Waals surface area contributed by atoms with Gasteiger partial charge in [0.15, 0.2) is 0 Å². The van der Waals surface area contributed by atoms with Crippen LogP contribution in [0.4, 0.5) is 0 Å². The van der Waals surface area contributed by atoms with E-state index in [0.717, 1.165) is 62.9 Å². The van der Waals surface area contributed by atoms with E-state index in [0.29, 0.717) is 12.1 Å². The second kappa shape index (κ2) is 12.2. The summed E-state index contributed by atoms with van der Waals surface area (Å²) in [4.78, 5) is 0. The third-order valence-corrected chi connectivity index (χ3v) is 14.0. The molecule has 2 heterocycles. The van der Waals surface area contributed by atoms with Crippen LogP contribution in [-0.2, 0) is 10.6 Å². The van der Waals surface area contributed by atoms with Gasteiger partial charge in [-0.3, -0.25) is 0 Å². The second-order valence-corrected chi connectivity index (χ2v) is 16.1. The first-order chi connectivity index (χ1) is 21.6. The van der Waals surface area contributed by atoms with Crippen molar-refractivity contribution >= 4 is 18.5 Å². The molecule has 232 valence electrons. The van der Waals surface area contributed by atoms with Crippen molar-refractivity contribution in [1.29, 1.82) is 0 Å². The molecule has 6 fully saturated rings. The van der Waals surface area contributed by atoms with Crippen LogP contribution in [0.2, 0.25) is 0 Å². The molecule has 44 heavy (non-hydrogen) atoms. The van der Waals surface area contributed by atoms with Crippen molar-refractivity contribution < 1.29 is 0 Å². The minimum absolute atomic E-state index is 0.177. The maximum atomic E-state index is 4.03. The molecule has 0 radical (unpaired) electrons. The first kappa shape index (κ1) is 29.7. The van der Waals surface area contributed by atoms with Crippen LogP contribution < -0.4 is 21.3 Å². The molecule has 4 bridgehead atoms. The maximum Gasteiger partial charge on any atom is 0.0429 e. The molecule has 9 rings (SSSR count). The molecule has 0 spiro atoms. The number of piperazine rings is 2. The van der Waals surface area contributed by atoms with Crippen LogP contribution >= 0.6 is 18.5 Å². The quantitative estimate of drug-likeness (QED) is 0.252. The first-order valence-electron chi connectivity index (χ1n) is 17.3. The average molecular weight is 625 g/mol. The summed E-state index contributed by atoms with van der Waals surface area (Å²) in [6, 6.07) is 28.4. The topological polar surface area (TPSA) is 48.1 Å². The molecule has 0 aromatic heterocycles. The monoisotopic (exact) mass is 624 g/mol. The summed E-state index contributed by atoms with van der Waals surface area (Å²) in [5.41, 5.74) is 8.86. The van der Waals surface area contributed by atoms with Crippen molar-refractivity contribution in [2.45, 2.75) is 54.8 Å². The fraction of sp³-hybridized carbons (Fsp3) is 0.526. The highest BCUT2D eigenvalue weighted by Gasteiger charge is 2.59. The minimum Gasteiger partial charge on any atom is -0.314 e. The van der Waals surface area contributed by atoms with Gasteiger partial charge in [0.25, 0.3) is 0 Å². The Labute approximate surface area is 269 Å². The summed E-state index contributed by atoms with van der Waals surface area (Å²) in [5, 5.41) is 15.4. The fourth-order valence-corrected chi connectivity index (χ4v) is 12.2. The molecule has 4 N–H and O–H groups in total. The van der Waals surface area contributed by atoms with Crippen molar-refractivity contribution in [2.24, 2.45) is 23.7 Å². The lowest BCUT2D eigenvalue weighted by Gasteiger charge is -2.63. The van der Waals surface area contributed by atoms with Gasteiger partial charge in [-0.1, -0.05) is 60.7 Å². The van der Waals surface area contributed by atoms with Gasteiger partial charge in [-0.15, -0.1) is 18.5 Å². The molecule has 4 nitrogen and oxygen atoms in total. The summed E-state index contributed by atoms with van der Waals surface area (Å²) in [5.74, 6) is 3.35. The molecule has 2 saturated heterocycles. The fourth-order valence-electron chi connectivity index (χ4n) is 10.7. The van der Waals surface area contributed by atoms with Crippen molar-refractivity contribution in [3.63, 3.8) is 0 Å². The van der Waals surface area contributed by atoms with Gasteiger partial charge >= 0.3 is 0 Å².